The van der Waals surface area contributed by atoms with E-state index in [2.05, 4.69) is 21.0 Å². The van der Waals surface area contributed by atoms with Crippen molar-refractivity contribution in [2.75, 3.05) is 7.05 Å². The van der Waals surface area contributed by atoms with E-state index in [1.807, 2.05) is 42.6 Å². The van der Waals surface area contributed by atoms with Crippen LogP contribution in [0.5, 0.6) is 0 Å². The van der Waals surface area contributed by atoms with Crippen LogP contribution in [-0.2, 0) is 6.54 Å². The Morgan fingerprint density at radius 1 is 1.08 bits per heavy atom. The number of imidazole rings is 1. The molecule has 0 saturated heterocycles. The normalized spacial score (nSPS) is 11.0. The smallest absolute Gasteiger partial charge is 0.253 e. The lowest BCUT2D eigenvalue weighted by atomic mass is 10.1. The summed E-state index contributed by atoms with van der Waals surface area (Å²) in [6.45, 7) is 0.512. The van der Waals surface area contributed by atoms with Gasteiger partial charge in [0.05, 0.1) is 22.9 Å². The van der Waals surface area contributed by atoms with E-state index in [1.54, 1.807) is 24.3 Å². The number of fused-ring (bicyclic) bond motifs is 2. The van der Waals surface area contributed by atoms with Gasteiger partial charge in [-0.1, -0.05) is 18.2 Å². The van der Waals surface area contributed by atoms with E-state index < -0.39 is 0 Å². The van der Waals surface area contributed by atoms with Crippen LogP contribution in [0, 0.1) is 0 Å². The summed E-state index contributed by atoms with van der Waals surface area (Å²) < 4.78 is 0. The highest BCUT2D eigenvalue weighted by atomic mass is 16.2. The van der Waals surface area contributed by atoms with E-state index in [9.17, 15) is 4.79 Å². The molecule has 0 spiro atoms. The second-order valence-corrected chi connectivity index (χ2v) is 5.83. The van der Waals surface area contributed by atoms with Crippen LogP contribution in [-0.4, -0.2) is 32.8 Å². The van der Waals surface area contributed by atoms with Crippen LogP contribution in [0.1, 0.15) is 15.9 Å². The topological polar surface area (TPSA) is 61.9 Å². The van der Waals surface area contributed by atoms with E-state index in [4.69, 9.17) is 0 Å². The molecule has 0 aliphatic carbocycles. The van der Waals surface area contributed by atoms with Crippen LogP contribution < -0.4 is 0 Å². The zero-order chi connectivity index (χ0) is 16.5. The molecular weight excluding hydrogens is 300 g/mol. The highest BCUT2D eigenvalue weighted by molar-refractivity contribution is 5.97. The molecule has 0 bridgehead atoms. The lowest BCUT2D eigenvalue weighted by molar-refractivity contribution is 0.0785. The van der Waals surface area contributed by atoms with Crippen LogP contribution in [0.25, 0.3) is 21.9 Å². The van der Waals surface area contributed by atoms with Gasteiger partial charge in [0.2, 0.25) is 0 Å². The maximum Gasteiger partial charge on any atom is 0.253 e. The summed E-state index contributed by atoms with van der Waals surface area (Å²) in [6, 6.07) is 15.5. The summed E-state index contributed by atoms with van der Waals surface area (Å²) in [5.74, 6) is -0.0281. The van der Waals surface area contributed by atoms with Gasteiger partial charge in [0.25, 0.3) is 5.91 Å². The molecule has 2 heterocycles. The van der Waals surface area contributed by atoms with Gasteiger partial charge >= 0.3 is 0 Å². The molecule has 1 amide bonds. The fourth-order valence-electron chi connectivity index (χ4n) is 2.84. The lowest BCUT2D eigenvalue weighted by Gasteiger charge is -2.17. The summed E-state index contributed by atoms with van der Waals surface area (Å²) in [6.07, 6.45) is 3.45. The number of rotatable bonds is 3. The van der Waals surface area contributed by atoms with Crippen molar-refractivity contribution in [2.45, 2.75) is 6.54 Å². The highest BCUT2D eigenvalue weighted by Gasteiger charge is 2.13. The van der Waals surface area contributed by atoms with E-state index >= 15 is 0 Å². The fourth-order valence-corrected chi connectivity index (χ4v) is 2.84. The number of carbonyl (C=O) groups is 1. The zero-order valence-electron chi connectivity index (χ0n) is 13.2. The van der Waals surface area contributed by atoms with Crippen molar-refractivity contribution in [1.82, 2.24) is 19.9 Å². The first kappa shape index (κ1) is 14.4. The van der Waals surface area contributed by atoms with Gasteiger partial charge in [0.1, 0.15) is 0 Å². The van der Waals surface area contributed by atoms with Crippen molar-refractivity contribution in [3.05, 3.63) is 72.2 Å². The Labute approximate surface area is 139 Å². The van der Waals surface area contributed by atoms with Crippen LogP contribution in [0.2, 0.25) is 0 Å². The fraction of sp³-hybridized carbons (Fsp3) is 0.105. The first-order valence-corrected chi connectivity index (χ1v) is 7.73. The van der Waals surface area contributed by atoms with Crippen LogP contribution >= 0.6 is 0 Å². The standard InChI is InChI=1S/C19H16N4O/c1-23(11-13-8-14-4-2-3-5-16(14)20-10-13)19(24)15-6-7-17-18(9-15)22-12-21-17/h2-10,12H,11H2,1H3,(H,21,22). The molecule has 0 aliphatic heterocycles. The van der Waals surface area contributed by atoms with Crippen molar-refractivity contribution in [3.8, 4) is 0 Å². The van der Waals surface area contributed by atoms with Crippen molar-refractivity contribution in [2.24, 2.45) is 0 Å². The number of benzene rings is 2. The molecule has 1 N–H and O–H groups in total. The molecule has 0 fully saturated rings. The monoisotopic (exact) mass is 316 g/mol. The minimum absolute atomic E-state index is 0.0281. The Morgan fingerprint density at radius 2 is 1.96 bits per heavy atom. The van der Waals surface area contributed by atoms with E-state index in [-0.39, 0.29) is 5.91 Å². The number of carbonyl (C=O) groups excluding carboxylic acids is 1. The van der Waals surface area contributed by atoms with Crippen molar-refractivity contribution in [3.63, 3.8) is 0 Å². The van der Waals surface area contributed by atoms with Gasteiger partial charge < -0.3 is 9.88 Å². The first-order chi connectivity index (χ1) is 11.7. The summed E-state index contributed by atoms with van der Waals surface area (Å²) in [7, 11) is 1.80. The number of H-pyrrole nitrogens is 1. The minimum atomic E-state index is -0.0281. The van der Waals surface area contributed by atoms with Gasteiger partial charge in [-0.25, -0.2) is 4.98 Å². The second-order valence-electron chi connectivity index (χ2n) is 5.83. The third-order valence-corrected chi connectivity index (χ3v) is 4.08. The molecule has 2 aromatic heterocycles. The Balaban J connectivity index is 1.57. The maximum absolute atomic E-state index is 12.6. The lowest BCUT2D eigenvalue weighted by Crippen LogP contribution is -2.26. The first-order valence-electron chi connectivity index (χ1n) is 7.73. The van der Waals surface area contributed by atoms with Crippen LogP contribution in [0.4, 0.5) is 0 Å². The third kappa shape index (κ3) is 2.60. The van der Waals surface area contributed by atoms with E-state index in [0.29, 0.717) is 12.1 Å². The van der Waals surface area contributed by atoms with Gasteiger partial charge in [-0.05, 0) is 35.9 Å². The van der Waals surface area contributed by atoms with Gasteiger partial charge in [-0.15, -0.1) is 0 Å². The largest absolute Gasteiger partial charge is 0.345 e. The molecule has 2 aromatic carbocycles. The molecule has 0 saturated carbocycles. The van der Waals surface area contributed by atoms with Gasteiger partial charge in [-0.2, -0.15) is 0 Å². The molecule has 118 valence electrons. The molecule has 4 rings (SSSR count). The van der Waals surface area contributed by atoms with Crippen molar-refractivity contribution in [1.29, 1.82) is 0 Å². The predicted octanol–water partition coefficient (Wildman–Crippen LogP) is 3.38. The summed E-state index contributed by atoms with van der Waals surface area (Å²) in [5.41, 5.74) is 4.32. The number of hydrogen-bond donors (Lipinski definition) is 1. The molecule has 0 aliphatic rings. The van der Waals surface area contributed by atoms with Crippen molar-refractivity contribution < 1.29 is 4.79 Å². The van der Waals surface area contributed by atoms with Crippen LogP contribution in [0.3, 0.4) is 0 Å². The number of pyridine rings is 1. The SMILES string of the molecule is CN(Cc1cnc2ccccc2c1)C(=O)c1ccc2nc[nH]c2c1. The molecule has 24 heavy (non-hydrogen) atoms. The number of nitrogens with zero attached hydrogens (tertiary/aromatic N) is 3. The number of para-hydroxylation sites is 1. The molecule has 4 aromatic rings. The average Bonchev–Trinajstić information content (AvgIpc) is 3.08. The van der Waals surface area contributed by atoms with Crippen molar-refractivity contribution >= 4 is 27.8 Å². The number of amides is 1. The Morgan fingerprint density at radius 3 is 2.88 bits per heavy atom. The predicted molar refractivity (Wildman–Crippen MR) is 93.6 cm³/mol. The van der Waals surface area contributed by atoms with E-state index in [0.717, 1.165) is 27.5 Å². The number of aromatic nitrogens is 3. The second kappa shape index (κ2) is 5.77. The summed E-state index contributed by atoms with van der Waals surface area (Å²) in [5, 5.41) is 1.08. The molecule has 5 nitrogen and oxygen atoms in total. The highest BCUT2D eigenvalue weighted by Crippen LogP contribution is 2.16. The Kier molecular flexibility index (Phi) is 3.46. The van der Waals surface area contributed by atoms with Gasteiger partial charge in [0.15, 0.2) is 0 Å². The molecule has 5 heteroatoms. The Hall–Kier alpha value is -3.21. The molecule has 0 atom stereocenters. The molecule has 0 radical (unpaired) electrons. The quantitative estimate of drug-likeness (QED) is 0.630. The number of nitrogens with one attached hydrogen (secondary N) is 1. The third-order valence-electron chi connectivity index (χ3n) is 4.08. The Bertz CT molecular complexity index is 1040. The molecule has 0 unspecified atom stereocenters. The minimum Gasteiger partial charge on any atom is -0.345 e. The molecular formula is C19H16N4O. The summed E-state index contributed by atoms with van der Waals surface area (Å²) in [4.78, 5) is 26.0. The van der Waals surface area contributed by atoms with Gasteiger partial charge in [0, 0.05) is 30.7 Å². The van der Waals surface area contributed by atoms with Crippen LogP contribution in [0.15, 0.2) is 61.1 Å². The maximum atomic E-state index is 12.6. The van der Waals surface area contributed by atoms with Gasteiger partial charge in [-0.3, -0.25) is 9.78 Å². The zero-order valence-corrected chi connectivity index (χ0v) is 13.2. The average molecular weight is 316 g/mol. The number of aromatic amines is 1. The summed E-state index contributed by atoms with van der Waals surface area (Å²) >= 11 is 0. The number of hydrogen-bond acceptors (Lipinski definition) is 3. The van der Waals surface area contributed by atoms with E-state index in [1.165, 1.54) is 0 Å².